The Labute approximate surface area is 214 Å². The largest absolute Gasteiger partial charge is 0.497 e. The number of sulfonamides is 1. The number of hydrogen-bond acceptors (Lipinski definition) is 6. The maximum Gasteiger partial charge on any atom is 0.246 e. The van der Waals surface area contributed by atoms with E-state index in [1.54, 1.807) is 12.1 Å². The molecule has 1 amide bonds. The molecular weight excluding hydrogens is 480 g/mol. The molecule has 4 rings (SSSR count). The Morgan fingerprint density at radius 1 is 0.889 bits per heavy atom. The lowest BCUT2D eigenvalue weighted by Gasteiger charge is -2.42. The van der Waals surface area contributed by atoms with Crippen molar-refractivity contribution >= 4 is 15.9 Å². The molecule has 2 aliphatic heterocycles. The van der Waals surface area contributed by atoms with Gasteiger partial charge in [-0.05, 0) is 56.4 Å². The van der Waals surface area contributed by atoms with Gasteiger partial charge in [0.15, 0.2) is 0 Å². The van der Waals surface area contributed by atoms with Crippen molar-refractivity contribution in [3.8, 4) is 17.2 Å². The number of carbonyl (C=O) groups is 1. The van der Waals surface area contributed by atoms with Crippen LogP contribution in [0.5, 0.6) is 17.2 Å². The second-order valence-corrected chi connectivity index (χ2v) is 11.5. The van der Waals surface area contributed by atoms with Crippen LogP contribution >= 0.6 is 0 Å². The van der Waals surface area contributed by atoms with Crippen molar-refractivity contribution in [3.05, 3.63) is 48.5 Å². The number of ether oxygens (including phenoxy) is 3. The molecule has 0 unspecified atom stereocenters. The smallest absolute Gasteiger partial charge is 0.246 e. The average molecular weight is 517 g/mol. The molecule has 0 aromatic heterocycles. The summed E-state index contributed by atoms with van der Waals surface area (Å²) in [6.07, 6.45) is 4.65. The Hall–Kier alpha value is -2.78. The summed E-state index contributed by atoms with van der Waals surface area (Å²) < 4.78 is 45.4. The van der Waals surface area contributed by atoms with Crippen molar-refractivity contribution in [2.24, 2.45) is 5.41 Å². The topological polar surface area (TPSA) is 85.4 Å². The Morgan fingerprint density at radius 2 is 1.58 bits per heavy atom. The lowest BCUT2D eigenvalue weighted by Crippen LogP contribution is -2.48. The van der Waals surface area contributed by atoms with Gasteiger partial charge in [-0.2, -0.15) is 4.31 Å². The zero-order valence-corrected chi connectivity index (χ0v) is 22.0. The molecule has 8 nitrogen and oxygen atoms in total. The minimum atomic E-state index is -3.81. The van der Waals surface area contributed by atoms with Crippen molar-refractivity contribution in [1.29, 1.82) is 0 Å². The van der Waals surface area contributed by atoms with Crippen molar-refractivity contribution in [2.45, 2.75) is 43.4 Å². The van der Waals surface area contributed by atoms with Crippen LogP contribution in [0.4, 0.5) is 0 Å². The summed E-state index contributed by atoms with van der Waals surface area (Å²) in [6.45, 7) is 2.56. The molecular formula is C27H36N2O6S. The number of amides is 1. The number of rotatable bonds is 9. The minimum absolute atomic E-state index is 0.0850. The fraction of sp³-hybridized carbons (Fsp3) is 0.519. The minimum Gasteiger partial charge on any atom is -0.497 e. The first-order valence-electron chi connectivity index (χ1n) is 12.5. The maximum atomic E-state index is 13.6. The third-order valence-corrected chi connectivity index (χ3v) is 9.21. The normalized spacial score (nSPS) is 18.4. The number of hydrogen-bond donors (Lipinski definition) is 0. The van der Waals surface area contributed by atoms with E-state index >= 15 is 0 Å². The summed E-state index contributed by atoms with van der Waals surface area (Å²) >= 11 is 0. The highest BCUT2D eigenvalue weighted by Gasteiger charge is 2.42. The van der Waals surface area contributed by atoms with Gasteiger partial charge in [0.05, 0.1) is 20.8 Å². The van der Waals surface area contributed by atoms with Crippen LogP contribution in [-0.4, -0.2) is 70.5 Å². The molecule has 2 saturated heterocycles. The van der Waals surface area contributed by atoms with Gasteiger partial charge in [0.25, 0.3) is 0 Å². The fourth-order valence-electron chi connectivity index (χ4n) is 5.03. The average Bonchev–Trinajstić information content (AvgIpc) is 2.93. The molecule has 0 aliphatic carbocycles. The van der Waals surface area contributed by atoms with E-state index < -0.39 is 15.4 Å². The standard InChI is InChI=1S/C27H36N2O6S/c1-33-23-11-12-24(34-2)25(19-23)36(31,32)29-17-13-27(14-18-29,21-35-22-9-5-3-6-10-22)20-26(30)28-15-7-4-8-16-28/h3,5-6,9-12,19H,4,7-8,13-18,20-21H2,1-2H3. The molecule has 9 heteroatoms. The van der Waals surface area contributed by atoms with Crippen LogP contribution in [0.15, 0.2) is 53.4 Å². The van der Waals surface area contributed by atoms with Crippen LogP contribution in [0, 0.1) is 5.41 Å². The van der Waals surface area contributed by atoms with E-state index in [4.69, 9.17) is 14.2 Å². The molecule has 0 saturated carbocycles. The first-order chi connectivity index (χ1) is 17.4. The van der Waals surface area contributed by atoms with Crippen LogP contribution < -0.4 is 14.2 Å². The molecule has 2 aromatic rings. The molecule has 2 heterocycles. The van der Waals surface area contributed by atoms with Gasteiger partial charge in [0.1, 0.15) is 22.1 Å². The first-order valence-corrected chi connectivity index (χ1v) is 14.0. The number of carbonyl (C=O) groups excluding carboxylic acids is 1. The van der Waals surface area contributed by atoms with E-state index in [0.717, 1.165) is 38.1 Å². The van der Waals surface area contributed by atoms with Gasteiger partial charge < -0.3 is 19.1 Å². The Morgan fingerprint density at radius 3 is 2.22 bits per heavy atom. The van der Waals surface area contributed by atoms with Gasteiger partial charge >= 0.3 is 0 Å². The Kier molecular flexibility index (Phi) is 8.41. The summed E-state index contributed by atoms with van der Waals surface area (Å²) in [6, 6.07) is 14.3. The van der Waals surface area contributed by atoms with Crippen molar-refractivity contribution in [3.63, 3.8) is 0 Å². The SMILES string of the molecule is COc1ccc(OC)c(S(=O)(=O)N2CCC(COc3ccccc3)(CC(=O)N3CCCCC3)CC2)c1. The quantitative estimate of drug-likeness (QED) is 0.502. The first kappa shape index (κ1) is 26.3. The molecule has 0 bridgehead atoms. The highest BCUT2D eigenvalue weighted by molar-refractivity contribution is 7.89. The van der Waals surface area contributed by atoms with E-state index in [2.05, 4.69) is 0 Å². The van der Waals surface area contributed by atoms with E-state index in [1.807, 2.05) is 35.2 Å². The summed E-state index contributed by atoms with van der Waals surface area (Å²) in [7, 11) is -0.858. The summed E-state index contributed by atoms with van der Waals surface area (Å²) in [5.74, 6) is 1.61. The highest BCUT2D eigenvalue weighted by Crippen LogP contribution is 2.40. The van der Waals surface area contributed by atoms with Crippen LogP contribution in [-0.2, 0) is 14.8 Å². The maximum absolute atomic E-state index is 13.6. The van der Waals surface area contributed by atoms with E-state index in [-0.39, 0.29) is 16.6 Å². The number of piperidine rings is 2. The number of para-hydroxylation sites is 1. The molecule has 2 aromatic carbocycles. The number of benzene rings is 2. The number of nitrogens with zero attached hydrogens (tertiary/aromatic N) is 2. The summed E-state index contributed by atoms with van der Waals surface area (Å²) in [5, 5.41) is 0. The molecule has 0 spiro atoms. The highest BCUT2D eigenvalue weighted by atomic mass is 32.2. The van der Waals surface area contributed by atoms with Gasteiger partial charge in [-0.15, -0.1) is 0 Å². The van der Waals surface area contributed by atoms with E-state index in [0.29, 0.717) is 44.7 Å². The van der Waals surface area contributed by atoms with Crippen molar-refractivity contribution < 1.29 is 27.4 Å². The predicted octanol–water partition coefficient (Wildman–Crippen LogP) is 3.96. The third-order valence-electron chi connectivity index (χ3n) is 7.29. The van der Waals surface area contributed by atoms with Gasteiger partial charge in [-0.3, -0.25) is 4.79 Å². The van der Waals surface area contributed by atoms with Crippen molar-refractivity contribution in [1.82, 2.24) is 9.21 Å². The van der Waals surface area contributed by atoms with Crippen LogP contribution in [0.25, 0.3) is 0 Å². The lowest BCUT2D eigenvalue weighted by molar-refractivity contribution is -0.136. The van der Waals surface area contributed by atoms with Gasteiger partial charge in [0, 0.05) is 44.1 Å². The Bertz CT molecular complexity index is 1120. The number of methoxy groups -OCH3 is 2. The predicted molar refractivity (Wildman–Crippen MR) is 137 cm³/mol. The number of likely N-dealkylation sites (tertiary alicyclic amines) is 1. The van der Waals surface area contributed by atoms with Gasteiger partial charge in [0.2, 0.25) is 15.9 Å². The summed E-state index contributed by atoms with van der Waals surface area (Å²) in [5.41, 5.74) is -0.436. The monoisotopic (exact) mass is 516 g/mol. The summed E-state index contributed by atoms with van der Waals surface area (Å²) in [4.78, 5) is 15.3. The molecule has 2 fully saturated rings. The van der Waals surface area contributed by atoms with Crippen LogP contribution in [0.3, 0.4) is 0 Å². The molecule has 0 radical (unpaired) electrons. The third kappa shape index (κ3) is 5.95. The molecule has 2 aliphatic rings. The fourth-order valence-corrected chi connectivity index (χ4v) is 6.64. The second-order valence-electron chi connectivity index (χ2n) is 9.64. The Balaban J connectivity index is 1.52. The van der Waals surface area contributed by atoms with Crippen LogP contribution in [0.1, 0.15) is 38.5 Å². The molecule has 0 atom stereocenters. The van der Waals surface area contributed by atoms with Gasteiger partial charge in [-0.25, -0.2) is 8.42 Å². The van der Waals surface area contributed by atoms with E-state index in [9.17, 15) is 13.2 Å². The lowest BCUT2D eigenvalue weighted by atomic mass is 9.76. The van der Waals surface area contributed by atoms with Crippen molar-refractivity contribution in [2.75, 3.05) is 47.0 Å². The zero-order chi connectivity index (χ0) is 25.6. The zero-order valence-electron chi connectivity index (χ0n) is 21.1. The van der Waals surface area contributed by atoms with E-state index in [1.165, 1.54) is 24.6 Å². The second kappa shape index (κ2) is 11.5. The van der Waals surface area contributed by atoms with Gasteiger partial charge in [-0.1, -0.05) is 18.2 Å². The molecule has 36 heavy (non-hydrogen) atoms. The van der Waals surface area contributed by atoms with Crippen LogP contribution in [0.2, 0.25) is 0 Å². The molecule has 0 N–H and O–H groups in total. The molecule has 196 valence electrons.